The van der Waals surface area contributed by atoms with Gasteiger partial charge >= 0.3 is 6.09 Å². The minimum Gasteiger partial charge on any atom is -0.444 e. The lowest BCUT2D eigenvalue weighted by atomic mass is 9.83. The Labute approximate surface area is 344 Å². The second kappa shape index (κ2) is 19.1. The van der Waals surface area contributed by atoms with Crippen LogP contribution in [0.2, 0.25) is 0 Å². The third-order valence-electron chi connectivity index (χ3n) is 10.7. The van der Waals surface area contributed by atoms with Gasteiger partial charge in [-0.15, -0.1) is 11.3 Å². The number of ether oxygens (including phenoxy) is 1. The Morgan fingerprint density at radius 3 is 2.28 bits per heavy atom. The van der Waals surface area contributed by atoms with Gasteiger partial charge in [-0.3, -0.25) is 19.2 Å². The molecule has 1 aromatic carbocycles. The summed E-state index contributed by atoms with van der Waals surface area (Å²) in [6.07, 6.45) is 1.60. The van der Waals surface area contributed by atoms with Crippen molar-refractivity contribution < 1.29 is 33.8 Å². The van der Waals surface area contributed by atoms with E-state index in [-0.39, 0.29) is 55.7 Å². The van der Waals surface area contributed by atoms with Gasteiger partial charge in [0.25, 0.3) is 5.91 Å². The Balaban J connectivity index is 1.01. The number of likely N-dealkylation sites (tertiary alicyclic amines) is 1. The minimum atomic E-state index is -1.07. The van der Waals surface area contributed by atoms with Gasteiger partial charge in [-0.25, -0.2) is 14.8 Å². The predicted molar refractivity (Wildman–Crippen MR) is 222 cm³/mol. The maximum absolute atomic E-state index is 13.9. The standard InChI is InChI=1S/C42H58N8O7S/c1-27-36(58-26-46-27)30-12-10-29(11-13-30)16-18-44-38(54)33-23-32(51)25-50(33)39(55)42(6,7)28(2)47-35(52)9-8-17-43-37(53)31-14-15-34(45-24-31)48-19-21-49(22-20-48)40(56)57-41(3,4)5/h10-15,24,26,28,32-33,51H,8-9,16-23,25H2,1-7H3,(H,43,53)(H,44,54)(H,47,52)/t28-,32+,33-/m0/s1. The van der Waals surface area contributed by atoms with Crippen molar-refractivity contribution >= 4 is 46.9 Å². The first-order valence-electron chi connectivity index (χ1n) is 20.0. The van der Waals surface area contributed by atoms with Crippen LogP contribution in [0.15, 0.2) is 48.1 Å². The molecule has 0 aliphatic carbocycles. The number of aliphatic hydroxyl groups excluding tert-OH is 1. The van der Waals surface area contributed by atoms with Gasteiger partial charge in [0.15, 0.2) is 0 Å². The van der Waals surface area contributed by atoms with Gasteiger partial charge in [-0.05, 0) is 84.6 Å². The van der Waals surface area contributed by atoms with Gasteiger partial charge in [-0.2, -0.15) is 0 Å². The van der Waals surface area contributed by atoms with Gasteiger partial charge in [0, 0.05) is 70.9 Å². The molecule has 0 spiro atoms. The van der Waals surface area contributed by atoms with Crippen molar-refractivity contribution in [2.75, 3.05) is 50.7 Å². The largest absolute Gasteiger partial charge is 0.444 e. The topological polar surface area (TPSA) is 186 Å². The van der Waals surface area contributed by atoms with Crippen molar-refractivity contribution in [3.63, 3.8) is 0 Å². The number of nitrogens with zero attached hydrogens (tertiary/aromatic N) is 5. The van der Waals surface area contributed by atoms with Gasteiger partial charge in [-0.1, -0.05) is 24.3 Å². The van der Waals surface area contributed by atoms with Gasteiger partial charge in [0.05, 0.1) is 33.2 Å². The molecule has 15 nitrogen and oxygen atoms in total. The number of nitrogens with one attached hydrogen (secondary N) is 3. The molecule has 16 heteroatoms. The van der Waals surface area contributed by atoms with Gasteiger partial charge in [0.2, 0.25) is 17.7 Å². The average molecular weight is 819 g/mol. The second-order valence-electron chi connectivity index (χ2n) is 16.6. The highest BCUT2D eigenvalue weighted by molar-refractivity contribution is 7.13. The average Bonchev–Trinajstić information content (AvgIpc) is 3.80. The lowest BCUT2D eigenvalue weighted by Crippen LogP contribution is -2.55. The summed E-state index contributed by atoms with van der Waals surface area (Å²) >= 11 is 1.60. The molecule has 4 N–H and O–H groups in total. The number of carbonyl (C=O) groups is 5. The molecule has 2 fully saturated rings. The number of aryl methyl sites for hydroxylation is 1. The smallest absolute Gasteiger partial charge is 0.410 e. The summed E-state index contributed by atoms with van der Waals surface area (Å²) in [7, 11) is 0. The quantitative estimate of drug-likeness (QED) is 0.174. The summed E-state index contributed by atoms with van der Waals surface area (Å²) < 4.78 is 5.46. The van der Waals surface area contributed by atoms with E-state index in [9.17, 15) is 29.1 Å². The van der Waals surface area contributed by atoms with Gasteiger partial charge in [0.1, 0.15) is 17.5 Å². The molecule has 4 heterocycles. The molecule has 5 rings (SSSR count). The van der Waals surface area contributed by atoms with Crippen LogP contribution in [0.5, 0.6) is 0 Å². The first-order chi connectivity index (χ1) is 27.4. The van der Waals surface area contributed by atoms with Crippen molar-refractivity contribution in [2.45, 2.75) is 97.9 Å². The SMILES string of the molecule is Cc1ncsc1-c1ccc(CCNC(=O)[C@@H]2C[C@@H](O)CN2C(=O)C(C)(C)[C@H](C)NC(=O)CCCNC(=O)c2ccc(N3CCN(C(=O)OC(C)(C)C)CC3)nc2)cc1. The lowest BCUT2D eigenvalue weighted by Gasteiger charge is -2.36. The predicted octanol–water partition coefficient (Wildman–Crippen LogP) is 3.93. The third kappa shape index (κ3) is 11.5. The molecule has 314 valence electrons. The molecule has 0 radical (unpaired) electrons. The van der Waals surface area contributed by atoms with Crippen LogP contribution in [0, 0.1) is 12.3 Å². The Morgan fingerprint density at radius 1 is 0.948 bits per heavy atom. The molecular formula is C42H58N8O7S. The van der Waals surface area contributed by atoms with E-state index in [0.717, 1.165) is 21.7 Å². The van der Waals surface area contributed by atoms with Crippen LogP contribution in [0.3, 0.4) is 0 Å². The summed E-state index contributed by atoms with van der Waals surface area (Å²) in [5, 5.41) is 19.2. The van der Waals surface area contributed by atoms with E-state index in [4.69, 9.17) is 4.74 Å². The maximum atomic E-state index is 13.9. The highest BCUT2D eigenvalue weighted by Crippen LogP contribution is 2.30. The number of hydrogen-bond acceptors (Lipinski definition) is 11. The summed E-state index contributed by atoms with van der Waals surface area (Å²) in [4.78, 5) is 80.3. The van der Waals surface area contributed by atoms with E-state index in [2.05, 4.69) is 30.8 Å². The molecule has 0 saturated carbocycles. The molecule has 3 aromatic rings. The van der Waals surface area contributed by atoms with Crippen molar-refractivity contribution in [2.24, 2.45) is 5.41 Å². The number of hydrogen-bond donors (Lipinski definition) is 4. The fourth-order valence-electron chi connectivity index (χ4n) is 6.89. The number of aromatic nitrogens is 2. The number of pyridine rings is 1. The maximum Gasteiger partial charge on any atom is 0.410 e. The Bertz CT molecular complexity index is 1900. The fourth-order valence-corrected chi connectivity index (χ4v) is 7.70. The van der Waals surface area contributed by atoms with E-state index >= 15 is 0 Å². The zero-order chi connectivity index (χ0) is 42.2. The van der Waals surface area contributed by atoms with Crippen LogP contribution >= 0.6 is 11.3 Å². The van der Waals surface area contributed by atoms with Crippen molar-refractivity contribution in [3.8, 4) is 10.4 Å². The normalized spacial score (nSPS) is 17.8. The number of piperazine rings is 1. The number of thiazole rings is 1. The number of rotatable bonds is 14. The Morgan fingerprint density at radius 2 is 1.66 bits per heavy atom. The number of carbonyl (C=O) groups excluding carboxylic acids is 5. The van der Waals surface area contributed by atoms with E-state index in [1.54, 1.807) is 49.1 Å². The first-order valence-corrected chi connectivity index (χ1v) is 20.8. The number of aliphatic hydroxyl groups is 1. The molecule has 2 aliphatic heterocycles. The Hall–Kier alpha value is -5.09. The zero-order valence-corrected chi connectivity index (χ0v) is 35.5. The molecule has 58 heavy (non-hydrogen) atoms. The second-order valence-corrected chi connectivity index (χ2v) is 17.5. The molecular weight excluding hydrogens is 761 g/mol. The fraction of sp³-hybridized carbons (Fsp3) is 0.548. The van der Waals surface area contributed by atoms with Crippen LogP contribution in [-0.4, -0.2) is 124 Å². The van der Waals surface area contributed by atoms with Crippen LogP contribution in [0.4, 0.5) is 10.6 Å². The van der Waals surface area contributed by atoms with Crippen molar-refractivity contribution in [3.05, 3.63) is 64.9 Å². The Kier molecular flexibility index (Phi) is 14.5. The van der Waals surface area contributed by atoms with E-state index in [1.165, 1.54) is 11.1 Å². The summed E-state index contributed by atoms with van der Waals surface area (Å²) in [6.45, 7) is 15.6. The van der Waals surface area contributed by atoms with Gasteiger partial charge < -0.3 is 40.5 Å². The molecule has 5 amide bonds. The van der Waals surface area contributed by atoms with E-state index < -0.39 is 29.2 Å². The van der Waals surface area contributed by atoms with E-state index in [1.807, 2.05) is 57.5 Å². The van der Waals surface area contributed by atoms with Crippen LogP contribution in [-0.2, 0) is 25.5 Å². The number of anilines is 1. The number of benzene rings is 1. The molecule has 2 aromatic heterocycles. The van der Waals surface area contributed by atoms with E-state index in [0.29, 0.717) is 56.9 Å². The lowest BCUT2D eigenvalue weighted by molar-refractivity contribution is -0.147. The molecule has 2 aliphatic rings. The summed E-state index contributed by atoms with van der Waals surface area (Å²) in [5.41, 5.74) is 3.74. The monoisotopic (exact) mass is 818 g/mol. The van der Waals surface area contributed by atoms with Crippen LogP contribution in [0.1, 0.15) is 82.4 Å². The number of β-amino-alcohol motifs (C(OH)–C–C–N with tert-alkyl or cyclic N) is 1. The highest BCUT2D eigenvalue weighted by atomic mass is 32.1. The van der Waals surface area contributed by atoms with Crippen molar-refractivity contribution in [1.29, 1.82) is 0 Å². The number of amides is 5. The van der Waals surface area contributed by atoms with Crippen LogP contribution < -0.4 is 20.9 Å². The molecule has 0 bridgehead atoms. The zero-order valence-electron chi connectivity index (χ0n) is 34.7. The molecule has 0 unspecified atom stereocenters. The summed E-state index contributed by atoms with van der Waals surface area (Å²) in [6, 6.07) is 10.2. The third-order valence-corrected chi connectivity index (χ3v) is 11.6. The molecule has 3 atom stereocenters. The van der Waals surface area contributed by atoms with Crippen LogP contribution in [0.25, 0.3) is 10.4 Å². The first kappa shape index (κ1) is 44.0. The summed E-state index contributed by atoms with van der Waals surface area (Å²) in [5.74, 6) is -0.522. The van der Waals surface area contributed by atoms with Crippen molar-refractivity contribution in [1.82, 2.24) is 35.7 Å². The minimum absolute atomic E-state index is 0.0320. The molecule has 2 saturated heterocycles. The highest BCUT2D eigenvalue weighted by Gasteiger charge is 2.46.